The number of rotatable bonds is 6. The van der Waals surface area contributed by atoms with Crippen molar-refractivity contribution in [1.29, 1.82) is 0 Å². The molecule has 2 unspecified atom stereocenters. The van der Waals surface area contributed by atoms with Crippen LogP contribution in [-0.4, -0.2) is 17.8 Å². The Morgan fingerprint density at radius 2 is 1.90 bits per heavy atom. The molecule has 0 heterocycles. The van der Waals surface area contributed by atoms with Crippen molar-refractivity contribution in [2.45, 2.75) is 31.8 Å². The lowest BCUT2D eigenvalue weighted by molar-refractivity contribution is 0.136. The van der Waals surface area contributed by atoms with Crippen LogP contribution in [0.1, 0.15) is 29.0 Å². The summed E-state index contributed by atoms with van der Waals surface area (Å²) in [6.45, 7) is 2.54. The molecule has 0 saturated carbocycles. The maximum atomic E-state index is 10.5. The van der Waals surface area contributed by atoms with Crippen LogP contribution in [0.4, 0.5) is 0 Å². The highest BCUT2D eigenvalue weighted by molar-refractivity contribution is 9.10. The number of aryl methyl sites for hydroxylation is 2. The summed E-state index contributed by atoms with van der Waals surface area (Å²) in [5.41, 5.74) is 9.48. The zero-order chi connectivity index (χ0) is 15.2. The minimum Gasteiger partial charge on any atom is -0.392 e. The number of hydrogen-bond acceptors (Lipinski definition) is 2. The van der Waals surface area contributed by atoms with Gasteiger partial charge in [0.15, 0.2) is 0 Å². The van der Waals surface area contributed by atoms with Gasteiger partial charge in [-0.3, -0.25) is 0 Å². The largest absolute Gasteiger partial charge is 0.392 e. The van der Waals surface area contributed by atoms with Crippen molar-refractivity contribution in [3.05, 3.63) is 69.7 Å². The third-order valence-corrected chi connectivity index (χ3v) is 4.30. The molecule has 2 rings (SSSR count). The van der Waals surface area contributed by atoms with Gasteiger partial charge in [0, 0.05) is 16.9 Å². The van der Waals surface area contributed by atoms with E-state index in [1.165, 1.54) is 11.1 Å². The van der Waals surface area contributed by atoms with Crippen LogP contribution in [0.2, 0.25) is 0 Å². The lowest BCUT2D eigenvalue weighted by Gasteiger charge is -2.22. The molecule has 0 fully saturated rings. The van der Waals surface area contributed by atoms with E-state index >= 15 is 0 Å². The Balaban J connectivity index is 2.02. The molecule has 0 bridgehead atoms. The van der Waals surface area contributed by atoms with Gasteiger partial charge in [-0.2, -0.15) is 0 Å². The van der Waals surface area contributed by atoms with Crippen LogP contribution in [0.25, 0.3) is 0 Å². The highest BCUT2D eigenvalue weighted by Crippen LogP contribution is 2.24. The first-order chi connectivity index (χ1) is 10.1. The van der Waals surface area contributed by atoms with Crippen molar-refractivity contribution in [2.75, 3.05) is 6.54 Å². The summed E-state index contributed by atoms with van der Waals surface area (Å²) >= 11 is 3.47. The third kappa shape index (κ3) is 4.67. The van der Waals surface area contributed by atoms with Crippen LogP contribution in [-0.2, 0) is 6.42 Å². The Morgan fingerprint density at radius 3 is 2.57 bits per heavy atom. The highest BCUT2D eigenvalue weighted by Gasteiger charge is 2.19. The predicted octanol–water partition coefficient (Wildman–Crippen LogP) is 3.79. The molecule has 0 radical (unpaired) electrons. The van der Waals surface area contributed by atoms with E-state index in [1.807, 2.05) is 24.3 Å². The first-order valence-electron chi connectivity index (χ1n) is 7.29. The quantitative estimate of drug-likeness (QED) is 0.834. The number of benzene rings is 2. The molecular formula is C18H22BrNO. The predicted molar refractivity (Wildman–Crippen MR) is 91.4 cm³/mol. The van der Waals surface area contributed by atoms with E-state index in [2.05, 4.69) is 47.1 Å². The molecule has 0 aromatic heterocycles. The van der Waals surface area contributed by atoms with Crippen LogP contribution >= 0.6 is 15.9 Å². The molecule has 112 valence electrons. The topological polar surface area (TPSA) is 46.2 Å². The lowest BCUT2D eigenvalue weighted by Crippen LogP contribution is -2.26. The first-order valence-corrected chi connectivity index (χ1v) is 8.08. The van der Waals surface area contributed by atoms with Crippen LogP contribution in [0.3, 0.4) is 0 Å². The average molecular weight is 348 g/mol. The van der Waals surface area contributed by atoms with Crippen molar-refractivity contribution in [3.63, 3.8) is 0 Å². The Bertz CT molecular complexity index is 585. The van der Waals surface area contributed by atoms with Crippen molar-refractivity contribution >= 4 is 15.9 Å². The smallest absolute Gasteiger partial charge is 0.0624 e. The van der Waals surface area contributed by atoms with Gasteiger partial charge in [-0.15, -0.1) is 0 Å². The number of aliphatic hydroxyl groups is 1. The Labute approximate surface area is 135 Å². The van der Waals surface area contributed by atoms with E-state index in [4.69, 9.17) is 5.73 Å². The first kappa shape index (κ1) is 16.2. The normalized spacial score (nSPS) is 13.9. The molecule has 2 nitrogen and oxygen atoms in total. The minimum absolute atomic E-state index is 0.0210. The monoisotopic (exact) mass is 347 g/mol. The van der Waals surface area contributed by atoms with Gasteiger partial charge < -0.3 is 10.8 Å². The molecule has 0 amide bonds. The lowest BCUT2D eigenvalue weighted by atomic mass is 9.90. The van der Waals surface area contributed by atoms with Gasteiger partial charge in [0.1, 0.15) is 0 Å². The number of hydrogen-bond donors (Lipinski definition) is 2. The number of aliphatic hydroxyl groups excluding tert-OH is 1. The zero-order valence-electron chi connectivity index (χ0n) is 12.3. The highest BCUT2D eigenvalue weighted by atomic mass is 79.9. The Hall–Kier alpha value is -1.16. The standard InChI is InChI=1S/C18H22BrNO/c1-13-4-2-5-14(10-13)8-9-18(21)17(12-20)15-6-3-7-16(19)11-15/h2-7,10-11,17-18,21H,8-9,12,20H2,1H3. The van der Waals surface area contributed by atoms with Crippen LogP contribution < -0.4 is 5.73 Å². The molecule has 0 aliphatic carbocycles. The fourth-order valence-electron chi connectivity index (χ4n) is 2.64. The Kier molecular flexibility index (Phi) is 5.97. The van der Waals surface area contributed by atoms with Gasteiger partial charge in [0.2, 0.25) is 0 Å². The van der Waals surface area contributed by atoms with Gasteiger partial charge in [0.05, 0.1) is 6.10 Å². The molecule has 21 heavy (non-hydrogen) atoms. The summed E-state index contributed by atoms with van der Waals surface area (Å²) in [6, 6.07) is 16.5. The summed E-state index contributed by atoms with van der Waals surface area (Å²) in [7, 11) is 0. The van der Waals surface area contributed by atoms with Gasteiger partial charge in [-0.25, -0.2) is 0 Å². The van der Waals surface area contributed by atoms with Crippen LogP contribution in [0, 0.1) is 6.92 Å². The summed E-state index contributed by atoms with van der Waals surface area (Å²) in [4.78, 5) is 0. The van der Waals surface area contributed by atoms with Crippen molar-refractivity contribution < 1.29 is 5.11 Å². The molecule has 2 atom stereocenters. The molecule has 0 aliphatic rings. The maximum Gasteiger partial charge on any atom is 0.0624 e. The second-order valence-corrected chi connectivity index (χ2v) is 6.41. The van der Waals surface area contributed by atoms with E-state index in [-0.39, 0.29) is 5.92 Å². The van der Waals surface area contributed by atoms with Crippen molar-refractivity contribution in [2.24, 2.45) is 5.73 Å². The second-order valence-electron chi connectivity index (χ2n) is 5.49. The maximum absolute atomic E-state index is 10.5. The van der Waals surface area contributed by atoms with Crippen molar-refractivity contribution in [3.8, 4) is 0 Å². The second kappa shape index (κ2) is 7.74. The zero-order valence-corrected chi connectivity index (χ0v) is 13.9. The molecule has 0 spiro atoms. The molecular weight excluding hydrogens is 326 g/mol. The third-order valence-electron chi connectivity index (χ3n) is 3.81. The summed E-state index contributed by atoms with van der Waals surface area (Å²) < 4.78 is 1.02. The van der Waals surface area contributed by atoms with Gasteiger partial charge in [-0.1, -0.05) is 57.9 Å². The van der Waals surface area contributed by atoms with Gasteiger partial charge in [-0.05, 0) is 43.0 Å². The number of nitrogens with two attached hydrogens (primary N) is 1. The summed E-state index contributed by atoms with van der Waals surface area (Å²) in [5, 5.41) is 10.5. The van der Waals surface area contributed by atoms with Crippen molar-refractivity contribution in [1.82, 2.24) is 0 Å². The molecule has 0 aliphatic heterocycles. The Morgan fingerprint density at radius 1 is 1.14 bits per heavy atom. The van der Waals surface area contributed by atoms with Gasteiger partial charge in [0.25, 0.3) is 0 Å². The SMILES string of the molecule is Cc1cccc(CCC(O)C(CN)c2cccc(Br)c2)c1. The summed E-state index contributed by atoms with van der Waals surface area (Å²) in [6.07, 6.45) is 1.16. The van der Waals surface area contributed by atoms with E-state index in [0.717, 1.165) is 22.9 Å². The molecule has 2 aromatic rings. The van der Waals surface area contributed by atoms with E-state index in [0.29, 0.717) is 6.54 Å². The van der Waals surface area contributed by atoms with Gasteiger partial charge >= 0.3 is 0 Å². The van der Waals surface area contributed by atoms with Crippen LogP contribution in [0.5, 0.6) is 0 Å². The fraction of sp³-hybridized carbons (Fsp3) is 0.333. The molecule has 3 N–H and O–H groups in total. The number of halogens is 1. The molecule has 3 heteroatoms. The fourth-order valence-corrected chi connectivity index (χ4v) is 3.05. The van der Waals surface area contributed by atoms with Crippen LogP contribution in [0.15, 0.2) is 53.0 Å². The van der Waals surface area contributed by atoms with E-state index in [1.54, 1.807) is 0 Å². The minimum atomic E-state index is -0.426. The molecule has 2 aromatic carbocycles. The van der Waals surface area contributed by atoms with E-state index in [9.17, 15) is 5.11 Å². The van der Waals surface area contributed by atoms with E-state index < -0.39 is 6.10 Å². The average Bonchev–Trinajstić information content (AvgIpc) is 2.46. The molecule has 0 saturated heterocycles. The summed E-state index contributed by atoms with van der Waals surface area (Å²) in [5.74, 6) is -0.0210.